The predicted molar refractivity (Wildman–Crippen MR) is 68.2 cm³/mol. The van der Waals surface area contributed by atoms with Crippen LogP contribution in [-0.2, 0) is 0 Å². The molecule has 0 amide bonds. The second-order valence-electron chi connectivity index (χ2n) is 4.14. The van der Waals surface area contributed by atoms with E-state index in [1.165, 1.54) is 16.8 Å². The van der Waals surface area contributed by atoms with Gasteiger partial charge in [0, 0.05) is 17.3 Å². The predicted octanol–water partition coefficient (Wildman–Crippen LogP) is 2.36. The van der Waals surface area contributed by atoms with Crippen LogP contribution in [0.25, 0.3) is 5.69 Å². The lowest BCUT2D eigenvalue weighted by Gasteiger charge is -2.06. The summed E-state index contributed by atoms with van der Waals surface area (Å²) >= 11 is 0. The van der Waals surface area contributed by atoms with E-state index in [1.54, 1.807) is 19.1 Å². The van der Waals surface area contributed by atoms with Crippen LogP contribution in [0.5, 0.6) is 0 Å². The number of nitro groups is 1. The first kappa shape index (κ1) is 12.0. The maximum atomic E-state index is 11.8. The third-order valence-electron chi connectivity index (χ3n) is 2.74. The van der Waals surface area contributed by atoms with E-state index in [1.807, 2.05) is 19.1 Å². The van der Waals surface area contributed by atoms with E-state index in [2.05, 4.69) is 0 Å². The molecule has 1 aromatic carbocycles. The molecule has 18 heavy (non-hydrogen) atoms. The largest absolute Gasteiger partial charge is 0.289 e. The van der Waals surface area contributed by atoms with Gasteiger partial charge in [-0.05, 0) is 26.0 Å². The first-order valence-corrected chi connectivity index (χ1v) is 5.44. The van der Waals surface area contributed by atoms with Crippen LogP contribution in [-0.4, -0.2) is 9.49 Å². The van der Waals surface area contributed by atoms with Gasteiger partial charge in [-0.25, -0.2) is 0 Å². The van der Waals surface area contributed by atoms with Crippen LogP contribution in [0.1, 0.15) is 11.1 Å². The summed E-state index contributed by atoms with van der Waals surface area (Å²) in [4.78, 5) is 22.2. The molecule has 0 saturated carbocycles. The Balaban J connectivity index is 2.64. The minimum absolute atomic E-state index is 0.0600. The van der Waals surface area contributed by atoms with Gasteiger partial charge < -0.3 is 0 Å². The van der Waals surface area contributed by atoms with Crippen molar-refractivity contribution >= 4 is 5.69 Å². The second-order valence-corrected chi connectivity index (χ2v) is 4.14. The summed E-state index contributed by atoms with van der Waals surface area (Å²) < 4.78 is 1.28. The van der Waals surface area contributed by atoms with Crippen molar-refractivity contribution in [2.45, 2.75) is 13.8 Å². The summed E-state index contributed by atoms with van der Waals surface area (Å²) in [6.07, 6.45) is 1.27. The van der Waals surface area contributed by atoms with Gasteiger partial charge in [0.1, 0.15) is 0 Å². The lowest BCUT2D eigenvalue weighted by Crippen LogP contribution is -2.18. The highest BCUT2D eigenvalue weighted by Crippen LogP contribution is 2.16. The number of rotatable bonds is 2. The van der Waals surface area contributed by atoms with Gasteiger partial charge in [-0.3, -0.25) is 19.5 Å². The number of nitrogens with zero attached hydrogens (tertiary/aromatic N) is 2. The minimum atomic E-state index is -0.487. The summed E-state index contributed by atoms with van der Waals surface area (Å²) in [5.41, 5.74) is 1.72. The fourth-order valence-electron chi connectivity index (χ4n) is 1.71. The SMILES string of the molecule is Cc1ccc(-n2cc([N+](=O)[O-])c(C)cc2=O)cc1. The average molecular weight is 244 g/mol. The average Bonchev–Trinajstić information content (AvgIpc) is 2.30. The smallest absolute Gasteiger partial charge is 0.277 e. The molecule has 0 aliphatic heterocycles. The molecule has 0 spiro atoms. The molecular formula is C13H12N2O3. The first-order valence-electron chi connectivity index (χ1n) is 5.44. The molecule has 5 nitrogen and oxygen atoms in total. The van der Waals surface area contributed by atoms with E-state index < -0.39 is 4.92 Å². The highest BCUT2D eigenvalue weighted by atomic mass is 16.6. The molecule has 5 heteroatoms. The topological polar surface area (TPSA) is 65.1 Å². The molecule has 1 aromatic heterocycles. The van der Waals surface area contributed by atoms with E-state index in [-0.39, 0.29) is 11.2 Å². The number of aromatic nitrogens is 1. The Hall–Kier alpha value is -2.43. The Morgan fingerprint density at radius 1 is 1.17 bits per heavy atom. The third-order valence-corrected chi connectivity index (χ3v) is 2.74. The molecule has 2 rings (SSSR count). The molecule has 1 heterocycles. The number of aryl methyl sites for hydroxylation is 2. The zero-order valence-corrected chi connectivity index (χ0v) is 10.1. The van der Waals surface area contributed by atoms with Gasteiger partial charge in [0.15, 0.2) is 0 Å². The molecule has 2 aromatic rings. The van der Waals surface area contributed by atoms with Crippen LogP contribution >= 0.6 is 0 Å². The van der Waals surface area contributed by atoms with Crippen LogP contribution in [0.2, 0.25) is 0 Å². The Bertz CT molecular complexity index is 657. The minimum Gasteiger partial charge on any atom is -0.277 e. The van der Waals surface area contributed by atoms with Crippen LogP contribution < -0.4 is 5.56 Å². The fraction of sp³-hybridized carbons (Fsp3) is 0.154. The molecule has 0 unspecified atom stereocenters. The summed E-state index contributed by atoms with van der Waals surface area (Å²) in [6.45, 7) is 3.49. The molecule has 0 bridgehead atoms. The van der Waals surface area contributed by atoms with Crippen molar-refractivity contribution in [2.24, 2.45) is 0 Å². The molecule has 0 aliphatic rings. The maximum Gasteiger partial charge on any atom is 0.289 e. The van der Waals surface area contributed by atoms with Crippen molar-refractivity contribution in [3.63, 3.8) is 0 Å². The Morgan fingerprint density at radius 3 is 2.33 bits per heavy atom. The van der Waals surface area contributed by atoms with Gasteiger partial charge in [-0.2, -0.15) is 0 Å². The van der Waals surface area contributed by atoms with Crippen LogP contribution in [0.4, 0.5) is 5.69 Å². The van der Waals surface area contributed by atoms with Crippen molar-refractivity contribution in [1.82, 2.24) is 4.57 Å². The van der Waals surface area contributed by atoms with Gasteiger partial charge >= 0.3 is 0 Å². The number of benzene rings is 1. The lowest BCUT2D eigenvalue weighted by atomic mass is 10.2. The third kappa shape index (κ3) is 2.15. The van der Waals surface area contributed by atoms with Gasteiger partial charge in [-0.15, -0.1) is 0 Å². The highest BCUT2D eigenvalue weighted by Gasteiger charge is 2.13. The summed E-state index contributed by atoms with van der Waals surface area (Å²) in [5, 5.41) is 10.9. The molecule has 0 N–H and O–H groups in total. The van der Waals surface area contributed by atoms with Crippen molar-refractivity contribution in [1.29, 1.82) is 0 Å². The van der Waals surface area contributed by atoms with Gasteiger partial charge in [0.05, 0.1) is 11.1 Å². The van der Waals surface area contributed by atoms with E-state index in [0.29, 0.717) is 11.3 Å². The summed E-state index contributed by atoms with van der Waals surface area (Å²) in [7, 11) is 0. The monoisotopic (exact) mass is 244 g/mol. The zero-order chi connectivity index (χ0) is 13.3. The molecule has 0 saturated heterocycles. The van der Waals surface area contributed by atoms with Gasteiger partial charge in [0.2, 0.25) is 0 Å². The first-order chi connectivity index (χ1) is 8.49. The standard InChI is InChI=1S/C13H12N2O3/c1-9-3-5-11(6-4-9)14-8-12(15(17)18)10(2)7-13(14)16/h3-8H,1-2H3. The van der Waals surface area contributed by atoms with Crippen molar-refractivity contribution < 1.29 is 4.92 Å². The van der Waals surface area contributed by atoms with E-state index in [9.17, 15) is 14.9 Å². The van der Waals surface area contributed by atoms with E-state index in [4.69, 9.17) is 0 Å². The normalized spacial score (nSPS) is 10.3. The van der Waals surface area contributed by atoms with Gasteiger partial charge in [0.25, 0.3) is 11.2 Å². The quantitative estimate of drug-likeness (QED) is 0.601. The molecule has 0 atom stereocenters. The Kier molecular flexibility index (Phi) is 2.97. The molecular weight excluding hydrogens is 232 g/mol. The molecule has 0 radical (unpaired) electrons. The van der Waals surface area contributed by atoms with Crippen molar-refractivity contribution in [2.75, 3.05) is 0 Å². The van der Waals surface area contributed by atoms with Crippen molar-refractivity contribution in [3.05, 3.63) is 68.1 Å². The summed E-state index contributed by atoms with van der Waals surface area (Å²) in [5.74, 6) is 0. The number of pyridine rings is 1. The zero-order valence-electron chi connectivity index (χ0n) is 10.1. The van der Waals surface area contributed by atoms with Gasteiger partial charge in [-0.1, -0.05) is 17.7 Å². The van der Waals surface area contributed by atoms with Crippen molar-refractivity contribution in [3.8, 4) is 5.69 Å². The van der Waals surface area contributed by atoms with E-state index >= 15 is 0 Å². The highest BCUT2D eigenvalue weighted by molar-refractivity contribution is 5.42. The fourth-order valence-corrected chi connectivity index (χ4v) is 1.71. The maximum absolute atomic E-state index is 11.8. The molecule has 0 fully saturated rings. The summed E-state index contributed by atoms with van der Waals surface area (Å²) in [6, 6.07) is 8.50. The number of hydrogen-bond donors (Lipinski definition) is 0. The molecule has 92 valence electrons. The van der Waals surface area contributed by atoms with Crippen LogP contribution in [0.3, 0.4) is 0 Å². The van der Waals surface area contributed by atoms with E-state index in [0.717, 1.165) is 5.56 Å². The Labute approximate surface area is 103 Å². The second kappa shape index (κ2) is 4.44. The number of hydrogen-bond acceptors (Lipinski definition) is 3. The van der Waals surface area contributed by atoms with Crippen LogP contribution in [0.15, 0.2) is 41.3 Å². The lowest BCUT2D eigenvalue weighted by molar-refractivity contribution is -0.385. The van der Waals surface area contributed by atoms with Crippen LogP contribution in [0, 0.1) is 24.0 Å². The Morgan fingerprint density at radius 2 is 1.78 bits per heavy atom. The molecule has 0 aliphatic carbocycles.